The fourth-order valence-corrected chi connectivity index (χ4v) is 0.541. The molecule has 0 aromatic rings. The summed E-state index contributed by atoms with van der Waals surface area (Å²) in [5, 5.41) is 2.63. The summed E-state index contributed by atoms with van der Waals surface area (Å²) in [5.41, 5.74) is -0.391. The number of alkyl carbamates (subject to hydrolysis) is 1. The molecule has 0 radical (unpaired) electrons. The topological polar surface area (TPSA) is 38.3 Å². The predicted octanol–water partition coefficient (Wildman–Crippen LogP) is 2.56. The van der Waals surface area contributed by atoms with E-state index in [-0.39, 0.29) is 13.5 Å². The molecule has 0 aromatic carbocycles. The Labute approximate surface area is 75.5 Å². The van der Waals surface area contributed by atoms with Crippen molar-refractivity contribution in [1.29, 1.82) is 0 Å². The van der Waals surface area contributed by atoms with Crippen molar-refractivity contribution in [3.8, 4) is 0 Å². The molecule has 0 rings (SSSR count). The highest BCUT2D eigenvalue weighted by Crippen LogP contribution is 2.05. The van der Waals surface area contributed by atoms with Crippen LogP contribution in [0.5, 0.6) is 0 Å². The molecule has 74 valence electrons. The Morgan fingerprint density at radius 1 is 1.42 bits per heavy atom. The number of nitrogens with one attached hydrogen (secondary N) is 1. The Bertz CT molecular complexity index is 127. The van der Waals surface area contributed by atoms with E-state index in [1.54, 1.807) is 0 Å². The van der Waals surface area contributed by atoms with E-state index in [1.165, 1.54) is 0 Å². The first-order chi connectivity index (χ1) is 4.95. The minimum absolute atomic E-state index is 0. The molecule has 3 heteroatoms. The van der Waals surface area contributed by atoms with E-state index in [0.717, 1.165) is 6.42 Å². The first-order valence-corrected chi connectivity index (χ1v) is 3.92. The van der Waals surface area contributed by atoms with Crippen molar-refractivity contribution >= 4 is 6.09 Å². The summed E-state index contributed by atoms with van der Waals surface area (Å²) in [6.07, 6.45) is 0.596. The Hall–Kier alpha value is -0.730. The van der Waals surface area contributed by atoms with Crippen LogP contribution in [0, 0.1) is 0 Å². The van der Waals surface area contributed by atoms with Crippen molar-refractivity contribution in [1.82, 2.24) is 5.32 Å². The Kier molecular flexibility index (Phi) is 6.76. The molecule has 0 heterocycles. The van der Waals surface area contributed by atoms with Crippen LogP contribution >= 0.6 is 0 Å². The molecule has 0 atom stereocenters. The summed E-state index contributed by atoms with van der Waals surface area (Å²) in [7, 11) is 0. The summed E-state index contributed by atoms with van der Waals surface area (Å²) in [4.78, 5) is 10.9. The summed E-state index contributed by atoms with van der Waals surface area (Å²) in [6.45, 7) is 8.21. The molecule has 1 N–H and O–H groups in total. The van der Waals surface area contributed by atoms with Gasteiger partial charge in [0.2, 0.25) is 0 Å². The lowest BCUT2D eigenvalue weighted by Gasteiger charge is -2.19. The summed E-state index contributed by atoms with van der Waals surface area (Å²) in [6, 6.07) is 0. The fourth-order valence-electron chi connectivity index (χ4n) is 0.541. The molecule has 1 amide bonds. The quantitative estimate of drug-likeness (QED) is 0.700. The molecule has 0 bridgehead atoms. The van der Waals surface area contributed by atoms with Crippen LogP contribution in [-0.2, 0) is 4.74 Å². The third-order valence-electron chi connectivity index (χ3n) is 0.918. The summed E-state index contributed by atoms with van der Waals surface area (Å²) in [5.74, 6) is 0. The van der Waals surface area contributed by atoms with Crippen molar-refractivity contribution in [3.05, 3.63) is 0 Å². The van der Waals surface area contributed by atoms with Crippen LogP contribution in [0.3, 0.4) is 0 Å². The van der Waals surface area contributed by atoms with Crippen LogP contribution < -0.4 is 5.32 Å². The Morgan fingerprint density at radius 3 is 2.25 bits per heavy atom. The number of hydrogen-bond acceptors (Lipinski definition) is 2. The van der Waals surface area contributed by atoms with Crippen molar-refractivity contribution in [3.63, 3.8) is 0 Å². The maximum atomic E-state index is 10.9. The Balaban J connectivity index is 0. The van der Waals surface area contributed by atoms with Gasteiger partial charge in [-0.05, 0) is 27.2 Å². The van der Waals surface area contributed by atoms with E-state index in [9.17, 15) is 4.79 Å². The summed E-state index contributed by atoms with van der Waals surface area (Å²) >= 11 is 0. The van der Waals surface area contributed by atoms with Crippen LogP contribution in [0.1, 0.15) is 41.5 Å². The van der Waals surface area contributed by atoms with Gasteiger partial charge >= 0.3 is 6.09 Å². The molecule has 12 heavy (non-hydrogen) atoms. The molecule has 0 aliphatic carbocycles. The van der Waals surface area contributed by atoms with E-state index >= 15 is 0 Å². The predicted molar refractivity (Wildman–Crippen MR) is 51.3 cm³/mol. The van der Waals surface area contributed by atoms with Crippen LogP contribution in [0.2, 0.25) is 0 Å². The minimum atomic E-state index is -0.391. The van der Waals surface area contributed by atoms with Gasteiger partial charge in [0.1, 0.15) is 5.60 Å². The molecule has 0 fully saturated rings. The third kappa shape index (κ3) is 9.27. The van der Waals surface area contributed by atoms with Gasteiger partial charge < -0.3 is 10.1 Å². The number of carbonyl (C=O) groups is 1. The zero-order valence-electron chi connectivity index (χ0n) is 7.73. The first-order valence-electron chi connectivity index (χ1n) is 3.92. The number of carbonyl (C=O) groups excluding carboxylic acids is 1. The van der Waals surface area contributed by atoms with E-state index in [4.69, 9.17) is 4.74 Å². The van der Waals surface area contributed by atoms with Crippen molar-refractivity contribution in [2.75, 3.05) is 6.54 Å². The monoisotopic (exact) mass is 175 g/mol. The van der Waals surface area contributed by atoms with Gasteiger partial charge in [-0.3, -0.25) is 0 Å². The van der Waals surface area contributed by atoms with E-state index in [1.807, 2.05) is 27.7 Å². The Morgan fingerprint density at radius 2 is 1.92 bits per heavy atom. The summed E-state index contributed by atoms with van der Waals surface area (Å²) < 4.78 is 4.99. The zero-order chi connectivity index (χ0) is 8.91. The highest BCUT2D eigenvalue weighted by Gasteiger charge is 2.14. The molecular formula is C9H21NO2. The minimum Gasteiger partial charge on any atom is -0.444 e. The molecule has 3 nitrogen and oxygen atoms in total. The second kappa shape index (κ2) is 5.86. The van der Waals surface area contributed by atoms with Gasteiger partial charge in [-0.25, -0.2) is 4.79 Å². The maximum absolute atomic E-state index is 10.9. The van der Waals surface area contributed by atoms with Gasteiger partial charge in [0, 0.05) is 6.54 Å². The standard InChI is InChI=1S/C8H17NO2.CH4/c1-5-6-9-7(10)11-8(2,3)4;/h5-6H2,1-4H3,(H,9,10);1H4. The fraction of sp³-hybridized carbons (Fsp3) is 0.889. The molecule has 0 unspecified atom stereocenters. The van der Waals surface area contributed by atoms with E-state index in [2.05, 4.69) is 5.32 Å². The highest BCUT2D eigenvalue weighted by atomic mass is 16.6. The third-order valence-corrected chi connectivity index (χ3v) is 0.918. The van der Waals surface area contributed by atoms with Gasteiger partial charge in [0.05, 0.1) is 0 Å². The van der Waals surface area contributed by atoms with Gasteiger partial charge in [-0.15, -0.1) is 0 Å². The normalized spacial score (nSPS) is 10.0. The van der Waals surface area contributed by atoms with Crippen LogP contribution in [0.15, 0.2) is 0 Å². The molecule has 0 saturated heterocycles. The molecule has 0 aliphatic heterocycles. The second-order valence-corrected chi connectivity index (χ2v) is 3.43. The average Bonchev–Trinajstić information content (AvgIpc) is 1.79. The second-order valence-electron chi connectivity index (χ2n) is 3.43. The van der Waals surface area contributed by atoms with Gasteiger partial charge in [0.25, 0.3) is 0 Å². The molecule has 0 spiro atoms. The maximum Gasteiger partial charge on any atom is 0.407 e. The van der Waals surface area contributed by atoms with Crippen molar-refractivity contribution in [2.45, 2.75) is 47.1 Å². The SMILES string of the molecule is C.CCCNC(=O)OC(C)(C)C. The highest BCUT2D eigenvalue weighted by molar-refractivity contribution is 5.67. The average molecular weight is 175 g/mol. The van der Waals surface area contributed by atoms with Gasteiger partial charge in [-0.2, -0.15) is 0 Å². The van der Waals surface area contributed by atoms with Gasteiger partial charge in [0.15, 0.2) is 0 Å². The van der Waals surface area contributed by atoms with Gasteiger partial charge in [-0.1, -0.05) is 14.4 Å². The van der Waals surface area contributed by atoms with Crippen LogP contribution in [0.25, 0.3) is 0 Å². The molecule has 0 aromatic heterocycles. The lowest BCUT2D eigenvalue weighted by Crippen LogP contribution is -2.32. The van der Waals surface area contributed by atoms with E-state index < -0.39 is 5.60 Å². The number of hydrogen-bond donors (Lipinski definition) is 1. The lowest BCUT2D eigenvalue weighted by molar-refractivity contribution is 0.0528. The molecule has 0 saturated carbocycles. The number of ether oxygens (including phenoxy) is 1. The first kappa shape index (κ1) is 13.8. The van der Waals surface area contributed by atoms with Crippen LogP contribution in [-0.4, -0.2) is 18.2 Å². The van der Waals surface area contributed by atoms with E-state index in [0.29, 0.717) is 6.54 Å². The largest absolute Gasteiger partial charge is 0.444 e. The van der Waals surface area contributed by atoms with Crippen molar-refractivity contribution < 1.29 is 9.53 Å². The number of amides is 1. The molecule has 0 aliphatic rings. The van der Waals surface area contributed by atoms with Crippen molar-refractivity contribution in [2.24, 2.45) is 0 Å². The molecular weight excluding hydrogens is 154 g/mol. The van der Waals surface area contributed by atoms with Crippen LogP contribution in [0.4, 0.5) is 4.79 Å². The zero-order valence-corrected chi connectivity index (χ0v) is 7.73. The lowest BCUT2D eigenvalue weighted by atomic mass is 10.2. The number of rotatable bonds is 2. The smallest absolute Gasteiger partial charge is 0.407 e.